The van der Waals surface area contributed by atoms with Crippen LogP contribution >= 0.6 is 0 Å². The van der Waals surface area contributed by atoms with E-state index in [4.69, 9.17) is 0 Å². The van der Waals surface area contributed by atoms with Crippen LogP contribution in [0.2, 0.25) is 0 Å². The van der Waals surface area contributed by atoms with Crippen molar-refractivity contribution in [2.24, 2.45) is 0 Å². The average molecular weight is 258 g/mol. The number of hydrogen-bond acceptors (Lipinski definition) is 2. The first-order valence-electron chi connectivity index (χ1n) is 5.87. The van der Waals surface area contributed by atoms with E-state index in [2.05, 4.69) is 0 Å². The van der Waals surface area contributed by atoms with Gasteiger partial charge in [-0.05, 0) is 0 Å². The molecule has 0 N–H and O–H groups in total. The third-order valence-corrected chi connectivity index (χ3v) is 2.76. The Hall–Kier alpha value is -2.36. The normalized spacial score (nSPS) is 10.2. The largest absolute Gasteiger partial charge is 0.291 e. The van der Waals surface area contributed by atoms with E-state index in [1.807, 2.05) is 6.07 Å². The van der Waals surface area contributed by atoms with E-state index in [1.165, 1.54) is 12.1 Å². The van der Waals surface area contributed by atoms with Gasteiger partial charge in [0.05, 0.1) is 0 Å². The van der Waals surface area contributed by atoms with Crippen LogP contribution in [0.25, 0.3) is 0 Å². The molecule has 0 saturated heterocycles. The van der Waals surface area contributed by atoms with Crippen molar-refractivity contribution in [1.29, 1.82) is 0 Å². The summed E-state index contributed by atoms with van der Waals surface area (Å²) in [5.41, 5.74) is 0.949. The number of ketones is 2. The Labute approximate surface area is 110 Å². The van der Waals surface area contributed by atoms with Crippen LogP contribution in [0.15, 0.2) is 54.9 Å². The molecule has 0 radical (unpaired) electrons. The van der Waals surface area contributed by atoms with E-state index in [0.29, 0.717) is 11.1 Å². The molecule has 0 saturated carbocycles. The maximum absolute atomic E-state index is 12.2. The highest BCUT2D eigenvalue weighted by atomic mass is 19.1. The molecule has 3 nitrogen and oxygen atoms in total. The second kappa shape index (κ2) is 6.00. The molecule has 0 bridgehead atoms. The first-order chi connectivity index (χ1) is 9.20. The van der Waals surface area contributed by atoms with Crippen LogP contribution < -0.4 is 4.57 Å². The van der Waals surface area contributed by atoms with Gasteiger partial charge in [-0.3, -0.25) is 9.59 Å². The molecule has 0 aliphatic heterocycles. The maximum Gasteiger partial charge on any atom is 0.227 e. The van der Waals surface area contributed by atoms with Gasteiger partial charge in [0.15, 0.2) is 24.9 Å². The molecule has 2 aromatic rings. The summed E-state index contributed by atoms with van der Waals surface area (Å²) in [7, 11) is 0. The van der Waals surface area contributed by atoms with Crippen LogP contribution in [0, 0.1) is 0 Å². The highest BCUT2D eigenvalue weighted by Crippen LogP contribution is 2.01. The van der Waals surface area contributed by atoms with Gasteiger partial charge < -0.3 is 0 Å². The number of carbonyl (C=O) groups is 2. The summed E-state index contributed by atoms with van der Waals surface area (Å²) >= 11 is 0. The Morgan fingerprint density at radius 2 is 1.47 bits per heavy atom. The number of carbonyl (C=O) groups excluding carboxylic acids is 2. The fourth-order valence-corrected chi connectivity index (χ4v) is 1.71. The Bertz CT molecular complexity index is 579. The number of Topliss-reactive ketones (excluding diaryl/α,β-unsaturated/α-hetero) is 2. The molecular weight excluding hydrogens is 245 g/mol. The standard InChI is InChI=1S/C15H13FNO2/c16-10-14(18)13-6-8-17(9-7-13)11-15(19)12-4-2-1-3-5-12/h1-9H,10-11H2/q+1. The molecule has 0 unspecified atom stereocenters. The second-order valence-corrected chi connectivity index (χ2v) is 4.11. The Morgan fingerprint density at radius 1 is 0.895 bits per heavy atom. The zero-order valence-electron chi connectivity index (χ0n) is 10.3. The Kier molecular flexibility index (Phi) is 4.13. The lowest BCUT2D eigenvalue weighted by Gasteiger charge is -1.99. The van der Waals surface area contributed by atoms with E-state index in [0.717, 1.165) is 0 Å². The van der Waals surface area contributed by atoms with Gasteiger partial charge in [0.2, 0.25) is 12.3 Å². The summed E-state index contributed by atoms with van der Waals surface area (Å²) in [6.45, 7) is -0.818. The van der Waals surface area contributed by atoms with Crippen LogP contribution in [-0.2, 0) is 6.54 Å². The fourth-order valence-electron chi connectivity index (χ4n) is 1.71. The predicted octanol–water partition coefficient (Wildman–Crippen LogP) is 2.01. The van der Waals surface area contributed by atoms with E-state index in [1.54, 1.807) is 41.2 Å². The second-order valence-electron chi connectivity index (χ2n) is 4.11. The first kappa shape index (κ1) is 13.1. The van der Waals surface area contributed by atoms with Gasteiger partial charge in [-0.15, -0.1) is 0 Å². The Balaban J connectivity index is 2.08. The topological polar surface area (TPSA) is 38.0 Å². The lowest BCUT2D eigenvalue weighted by Crippen LogP contribution is -2.37. The lowest BCUT2D eigenvalue weighted by atomic mass is 10.1. The quantitative estimate of drug-likeness (QED) is 0.607. The zero-order chi connectivity index (χ0) is 13.7. The van der Waals surface area contributed by atoms with E-state index in [9.17, 15) is 14.0 Å². The van der Waals surface area contributed by atoms with Gasteiger partial charge in [-0.2, -0.15) is 4.57 Å². The SMILES string of the molecule is O=C(CF)c1cc[n+](CC(=O)c2ccccc2)cc1. The van der Waals surface area contributed by atoms with Crippen molar-refractivity contribution in [1.82, 2.24) is 0 Å². The number of alkyl halides is 1. The van der Waals surface area contributed by atoms with E-state index < -0.39 is 12.5 Å². The van der Waals surface area contributed by atoms with Crippen LogP contribution in [0.4, 0.5) is 4.39 Å². The molecule has 0 amide bonds. The van der Waals surface area contributed by atoms with Crippen molar-refractivity contribution in [2.75, 3.05) is 6.67 Å². The van der Waals surface area contributed by atoms with Crippen LogP contribution in [-0.4, -0.2) is 18.2 Å². The van der Waals surface area contributed by atoms with Crippen molar-refractivity contribution < 1.29 is 18.5 Å². The molecule has 0 atom stereocenters. The molecule has 4 heteroatoms. The van der Waals surface area contributed by atoms with Crippen molar-refractivity contribution >= 4 is 11.6 Å². The molecule has 1 aromatic carbocycles. The number of pyridine rings is 1. The van der Waals surface area contributed by atoms with Gasteiger partial charge in [0.1, 0.15) is 0 Å². The van der Waals surface area contributed by atoms with Gasteiger partial charge in [0.25, 0.3) is 0 Å². The predicted molar refractivity (Wildman–Crippen MR) is 67.7 cm³/mol. The molecule has 0 spiro atoms. The highest BCUT2D eigenvalue weighted by molar-refractivity contribution is 5.96. The number of halogens is 1. The Morgan fingerprint density at radius 3 is 2.05 bits per heavy atom. The molecule has 19 heavy (non-hydrogen) atoms. The molecule has 0 aliphatic rings. The van der Waals surface area contributed by atoms with Crippen LogP contribution in [0.3, 0.4) is 0 Å². The average Bonchev–Trinajstić information content (AvgIpc) is 2.48. The minimum atomic E-state index is -1.01. The summed E-state index contributed by atoms with van der Waals surface area (Å²) in [5, 5.41) is 0. The van der Waals surface area contributed by atoms with Gasteiger partial charge in [0, 0.05) is 23.3 Å². The molecule has 0 aliphatic carbocycles. The maximum atomic E-state index is 12.2. The number of benzene rings is 1. The molecular formula is C15H13FNO2+. The van der Waals surface area contributed by atoms with Gasteiger partial charge in [-0.1, -0.05) is 30.3 Å². The smallest absolute Gasteiger partial charge is 0.227 e. The fraction of sp³-hybridized carbons (Fsp3) is 0.133. The van der Waals surface area contributed by atoms with E-state index >= 15 is 0 Å². The summed E-state index contributed by atoms with van der Waals surface area (Å²) < 4.78 is 13.9. The third-order valence-electron chi connectivity index (χ3n) is 2.76. The van der Waals surface area contributed by atoms with Crippen molar-refractivity contribution in [3.8, 4) is 0 Å². The molecule has 2 rings (SSSR count). The van der Waals surface area contributed by atoms with Crippen LogP contribution in [0.5, 0.6) is 0 Å². The molecule has 1 heterocycles. The summed E-state index contributed by atoms with van der Waals surface area (Å²) in [6.07, 6.45) is 3.20. The minimum Gasteiger partial charge on any atom is -0.291 e. The minimum absolute atomic E-state index is 0.0184. The van der Waals surface area contributed by atoms with Crippen LogP contribution in [0.1, 0.15) is 20.7 Å². The van der Waals surface area contributed by atoms with Crippen molar-refractivity contribution in [2.45, 2.75) is 6.54 Å². The zero-order valence-corrected chi connectivity index (χ0v) is 10.3. The van der Waals surface area contributed by atoms with E-state index in [-0.39, 0.29) is 12.3 Å². The monoisotopic (exact) mass is 258 g/mol. The number of aromatic nitrogens is 1. The third kappa shape index (κ3) is 3.31. The van der Waals surface area contributed by atoms with Gasteiger partial charge in [-0.25, -0.2) is 4.39 Å². The number of hydrogen-bond donors (Lipinski definition) is 0. The molecule has 1 aromatic heterocycles. The summed E-state index contributed by atoms with van der Waals surface area (Å²) in [6, 6.07) is 12.0. The summed E-state index contributed by atoms with van der Waals surface area (Å²) in [4.78, 5) is 23.1. The number of nitrogens with zero attached hydrogens (tertiary/aromatic N) is 1. The molecule has 96 valence electrons. The number of rotatable bonds is 5. The summed E-state index contributed by atoms with van der Waals surface area (Å²) in [5.74, 6) is -0.572. The molecule has 0 fully saturated rings. The van der Waals surface area contributed by atoms with Crippen molar-refractivity contribution in [3.63, 3.8) is 0 Å². The first-order valence-corrected chi connectivity index (χ1v) is 5.87. The van der Waals surface area contributed by atoms with Gasteiger partial charge >= 0.3 is 0 Å². The lowest BCUT2D eigenvalue weighted by molar-refractivity contribution is -0.683. The highest BCUT2D eigenvalue weighted by Gasteiger charge is 2.12. The van der Waals surface area contributed by atoms with Crippen molar-refractivity contribution in [3.05, 3.63) is 66.0 Å².